The number of hydrogen-bond acceptors (Lipinski definition) is 4. The largest absolute Gasteiger partial charge is 0.497 e. The van der Waals surface area contributed by atoms with Crippen LogP contribution in [0.1, 0.15) is 33.2 Å². The van der Waals surface area contributed by atoms with Crippen LogP contribution < -0.4 is 15.6 Å². The van der Waals surface area contributed by atoms with Gasteiger partial charge in [-0.05, 0) is 48.9 Å². The third kappa shape index (κ3) is 4.17. The molecule has 1 heterocycles. The van der Waals surface area contributed by atoms with Gasteiger partial charge in [0, 0.05) is 11.8 Å². The number of aromatic nitrogens is 1. The number of anilines is 1. The molecule has 6 nitrogen and oxygen atoms in total. The van der Waals surface area contributed by atoms with Crippen LogP contribution in [0.2, 0.25) is 0 Å². The van der Waals surface area contributed by atoms with Crippen molar-refractivity contribution in [1.82, 2.24) is 4.57 Å². The van der Waals surface area contributed by atoms with Crippen molar-refractivity contribution in [2.45, 2.75) is 13.5 Å². The van der Waals surface area contributed by atoms with Gasteiger partial charge < -0.3 is 14.6 Å². The smallest absolute Gasteiger partial charge is 0.263 e. The third-order valence-corrected chi connectivity index (χ3v) is 4.33. The number of nitrogens with one attached hydrogen (secondary N) is 1. The van der Waals surface area contributed by atoms with Crippen molar-refractivity contribution in [2.75, 3.05) is 12.4 Å². The lowest BCUT2D eigenvalue weighted by molar-refractivity contribution is 0.101. The zero-order valence-electron chi connectivity index (χ0n) is 15.6. The van der Waals surface area contributed by atoms with Crippen LogP contribution in [0.25, 0.3) is 0 Å². The van der Waals surface area contributed by atoms with Crippen LogP contribution in [-0.4, -0.2) is 23.4 Å². The van der Waals surface area contributed by atoms with Crippen molar-refractivity contribution in [3.05, 3.63) is 93.9 Å². The molecule has 0 aliphatic carbocycles. The Bertz CT molecular complexity index is 1070. The first-order valence-electron chi connectivity index (χ1n) is 8.73. The second-order valence-corrected chi connectivity index (χ2v) is 6.26. The van der Waals surface area contributed by atoms with Crippen LogP contribution in [0.3, 0.4) is 0 Å². The number of Topliss-reactive ketones (excluding diaryl/α,β-unsaturated/α-hetero) is 1. The van der Waals surface area contributed by atoms with Gasteiger partial charge in [-0.2, -0.15) is 0 Å². The summed E-state index contributed by atoms with van der Waals surface area (Å²) < 4.78 is 6.60. The first kappa shape index (κ1) is 19.1. The number of carbonyl (C=O) groups is 2. The summed E-state index contributed by atoms with van der Waals surface area (Å²) in [4.78, 5) is 37.1. The fourth-order valence-corrected chi connectivity index (χ4v) is 2.85. The SMILES string of the molecule is COc1ccc(Cn2cccc(C(=O)Nc3ccccc3C(C)=O)c2=O)cc1. The van der Waals surface area contributed by atoms with Crippen LogP contribution in [-0.2, 0) is 6.54 Å². The molecule has 0 aliphatic rings. The number of benzene rings is 2. The van der Waals surface area contributed by atoms with Crippen molar-refractivity contribution in [3.63, 3.8) is 0 Å². The second-order valence-electron chi connectivity index (χ2n) is 6.26. The van der Waals surface area contributed by atoms with Crippen LogP contribution in [0.15, 0.2) is 71.7 Å². The summed E-state index contributed by atoms with van der Waals surface area (Å²) in [6.45, 7) is 1.75. The van der Waals surface area contributed by atoms with Crippen LogP contribution in [0.5, 0.6) is 5.75 Å². The zero-order chi connectivity index (χ0) is 20.1. The highest BCUT2D eigenvalue weighted by atomic mass is 16.5. The van der Waals surface area contributed by atoms with Crippen molar-refractivity contribution >= 4 is 17.4 Å². The van der Waals surface area contributed by atoms with Gasteiger partial charge in [0.2, 0.25) is 0 Å². The van der Waals surface area contributed by atoms with Crippen LogP contribution >= 0.6 is 0 Å². The third-order valence-electron chi connectivity index (χ3n) is 4.33. The predicted molar refractivity (Wildman–Crippen MR) is 107 cm³/mol. The summed E-state index contributed by atoms with van der Waals surface area (Å²) in [5.74, 6) is 0.0111. The van der Waals surface area contributed by atoms with E-state index >= 15 is 0 Å². The van der Waals surface area contributed by atoms with Gasteiger partial charge in [-0.25, -0.2) is 0 Å². The van der Waals surface area contributed by atoms with Gasteiger partial charge in [-0.1, -0.05) is 24.3 Å². The molecule has 3 aromatic rings. The highest BCUT2D eigenvalue weighted by molar-refractivity contribution is 6.08. The lowest BCUT2D eigenvalue weighted by Crippen LogP contribution is -2.29. The molecule has 28 heavy (non-hydrogen) atoms. The number of pyridine rings is 1. The molecule has 1 N–H and O–H groups in total. The number of para-hydroxylation sites is 1. The maximum atomic E-state index is 12.8. The van der Waals surface area contributed by atoms with E-state index in [0.29, 0.717) is 17.8 Å². The molecule has 3 rings (SSSR count). The van der Waals surface area contributed by atoms with Crippen molar-refractivity contribution in [2.24, 2.45) is 0 Å². The average molecular weight is 376 g/mol. The van der Waals surface area contributed by atoms with E-state index in [9.17, 15) is 14.4 Å². The maximum Gasteiger partial charge on any atom is 0.263 e. The number of nitrogens with zero attached hydrogens (tertiary/aromatic N) is 1. The van der Waals surface area contributed by atoms with Crippen molar-refractivity contribution < 1.29 is 14.3 Å². The normalized spacial score (nSPS) is 10.4. The Hall–Kier alpha value is -3.67. The summed E-state index contributed by atoms with van der Waals surface area (Å²) in [5.41, 5.74) is 1.28. The second kappa shape index (κ2) is 8.35. The quantitative estimate of drug-likeness (QED) is 0.669. The number of amides is 1. The lowest BCUT2D eigenvalue weighted by atomic mass is 10.1. The molecule has 1 aromatic heterocycles. The Morgan fingerprint density at radius 1 is 0.964 bits per heavy atom. The fourth-order valence-electron chi connectivity index (χ4n) is 2.85. The van der Waals surface area contributed by atoms with E-state index in [1.54, 1.807) is 43.6 Å². The number of ether oxygens (including phenoxy) is 1. The minimum Gasteiger partial charge on any atom is -0.497 e. The molecule has 2 aromatic carbocycles. The molecule has 0 spiro atoms. The van der Waals surface area contributed by atoms with E-state index in [-0.39, 0.29) is 11.3 Å². The Balaban J connectivity index is 1.85. The number of ketones is 1. The highest BCUT2D eigenvalue weighted by Gasteiger charge is 2.15. The van der Waals surface area contributed by atoms with Crippen LogP contribution in [0, 0.1) is 0 Å². The van der Waals surface area contributed by atoms with E-state index in [0.717, 1.165) is 11.3 Å². The minimum atomic E-state index is -0.553. The molecule has 0 atom stereocenters. The Kier molecular flexibility index (Phi) is 5.69. The molecular weight excluding hydrogens is 356 g/mol. The molecule has 0 saturated heterocycles. The number of methoxy groups -OCH3 is 1. The molecule has 1 amide bonds. The molecule has 0 aliphatic heterocycles. The highest BCUT2D eigenvalue weighted by Crippen LogP contribution is 2.16. The molecule has 0 saturated carbocycles. The molecular formula is C22H20N2O4. The van der Waals surface area contributed by atoms with E-state index in [4.69, 9.17) is 4.74 Å². The number of rotatable bonds is 6. The molecule has 0 bridgehead atoms. The van der Waals surface area contributed by atoms with Gasteiger partial charge in [-0.15, -0.1) is 0 Å². The van der Waals surface area contributed by atoms with Gasteiger partial charge in [0.25, 0.3) is 11.5 Å². The van der Waals surface area contributed by atoms with Crippen LogP contribution in [0.4, 0.5) is 5.69 Å². The zero-order valence-corrected chi connectivity index (χ0v) is 15.6. The summed E-state index contributed by atoms with van der Waals surface area (Å²) in [6, 6.07) is 17.2. The first-order valence-corrected chi connectivity index (χ1v) is 8.73. The lowest BCUT2D eigenvalue weighted by Gasteiger charge is -2.11. The first-order chi connectivity index (χ1) is 13.5. The standard InChI is InChI=1S/C22H20N2O4/c1-15(25)18-6-3-4-8-20(18)23-21(26)19-7-5-13-24(22(19)27)14-16-9-11-17(28-2)12-10-16/h3-13H,14H2,1-2H3,(H,23,26). The monoisotopic (exact) mass is 376 g/mol. The molecule has 0 radical (unpaired) electrons. The van der Waals surface area contributed by atoms with E-state index in [2.05, 4.69) is 5.32 Å². The number of carbonyl (C=O) groups excluding carboxylic acids is 2. The van der Waals surface area contributed by atoms with E-state index in [1.165, 1.54) is 17.6 Å². The predicted octanol–water partition coefficient (Wildman–Crippen LogP) is 3.36. The van der Waals surface area contributed by atoms with Gasteiger partial charge in [0.1, 0.15) is 11.3 Å². The van der Waals surface area contributed by atoms with Gasteiger partial charge >= 0.3 is 0 Å². The minimum absolute atomic E-state index is 0.00867. The van der Waals surface area contributed by atoms with E-state index < -0.39 is 11.5 Å². The Labute approximate surface area is 162 Å². The van der Waals surface area contributed by atoms with Gasteiger partial charge in [-0.3, -0.25) is 14.4 Å². The molecule has 142 valence electrons. The average Bonchev–Trinajstić information content (AvgIpc) is 2.70. The maximum absolute atomic E-state index is 12.8. The summed E-state index contributed by atoms with van der Waals surface area (Å²) in [5, 5.41) is 2.67. The summed E-state index contributed by atoms with van der Waals surface area (Å²) in [6.07, 6.45) is 1.63. The summed E-state index contributed by atoms with van der Waals surface area (Å²) in [7, 11) is 1.59. The molecule has 0 fully saturated rings. The Morgan fingerprint density at radius 3 is 2.32 bits per heavy atom. The van der Waals surface area contributed by atoms with E-state index in [1.807, 2.05) is 24.3 Å². The fraction of sp³-hybridized carbons (Fsp3) is 0.136. The van der Waals surface area contributed by atoms with Crippen molar-refractivity contribution in [1.29, 1.82) is 0 Å². The molecule has 0 unspecified atom stereocenters. The van der Waals surface area contributed by atoms with Gasteiger partial charge in [0.05, 0.1) is 19.3 Å². The topological polar surface area (TPSA) is 77.4 Å². The van der Waals surface area contributed by atoms with Gasteiger partial charge in [0.15, 0.2) is 5.78 Å². The Morgan fingerprint density at radius 2 is 1.64 bits per heavy atom. The summed E-state index contributed by atoms with van der Waals surface area (Å²) >= 11 is 0. The van der Waals surface area contributed by atoms with Crippen molar-refractivity contribution in [3.8, 4) is 5.75 Å². The number of hydrogen-bond donors (Lipinski definition) is 1. The molecule has 6 heteroatoms.